The van der Waals surface area contributed by atoms with E-state index in [0.29, 0.717) is 0 Å². The SMILES string of the molecule is CCCCc1ccc(-c2nc(C)c3ccccc3c2-c2nc(C)c3ccccc3c2-c2ccc(CCCC)cc2)cc1. The minimum atomic E-state index is 0.997. The van der Waals surface area contributed by atoms with Gasteiger partial charge in [-0.2, -0.15) is 0 Å². The molecule has 0 bridgehead atoms. The van der Waals surface area contributed by atoms with Crippen molar-refractivity contribution in [3.8, 4) is 33.6 Å². The number of unbranched alkanes of at least 4 members (excludes halogenated alkanes) is 2. The van der Waals surface area contributed by atoms with E-state index in [0.717, 1.165) is 46.7 Å². The summed E-state index contributed by atoms with van der Waals surface area (Å²) in [7, 11) is 0. The van der Waals surface area contributed by atoms with E-state index in [1.807, 2.05) is 0 Å². The number of benzene rings is 4. The zero-order valence-electron chi connectivity index (χ0n) is 25.4. The zero-order chi connectivity index (χ0) is 29.1. The van der Waals surface area contributed by atoms with E-state index >= 15 is 0 Å². The van der Waals surface area contributed by atoms with Gasteiger partial charge >= 0.3 is 0 Å². The lowest BCUT2D eigenvalue weighted by atomic mass is 9.88. The maximum absolute atomic E-state index is 5.40. The van der Waals surface area contributed by atoms with E-state index in [2.05, 4.69) is 125 Å². The molecule has 0 aliphatic carbocycles. The number of aryl methyl sites for hydroxylation is 4. The Morgan fingerprint density at radius 2 is 0.881 bits per heavy atom. The molecule has 6 rings (SSSR count). The van der Waals surface area contributed by atoms with E-state index < -0.39 is 0 Å². The average Bonchev–Trinajstić information content (AvgIpc) is 3.03. The summed E-state index contributed by atoms with van der Waals surface area (Å²) in [5.74, 6) is 0. The largest absolute Gasteiger partial charge is 0.252 e. The van der Waals surface area contributed by atoms with Crippen LogP contribution in [0, 0.1) is 13.8 Å². The van der Waals surface area contributed by atoms with Gasteiger partial charge < -0.3 is 0 Å². The maximum atomic E-state index is 5.40. The normalized spacial score (nSPS) is 11.4. The molecule has 6 aromatic rings. The summed E-state index contributed by atoms with van der Waals surface area (Å²) in [6.45, 7) is 8.76. The van der Waals surface area contributed by atoms with Crippen molar-refractivity contribution < 1.29 is 0 Å². The van der Waals surface area contributed by atoms with Crippen molar-refractivity contribution in [3.63, 3.8) is 0 Å². The molecule has 2 aromatic heterocycles. The van der Waals surface area contributed by atoms with Gasteiger partial charge in [0.2, 0.25) is 0 Å². The molecular weight excluding hydrogens is 508 g/mol. The molecule has 0 aliphatic rings. The topological polar surface area (TPSA) is 25.8 Å². The second kappa shape index (κ2) is 12.3. The molecule has 0 radical (unpaired) electrons. The lowest BCUT2D eigenvalue weighted by Gasteiger charge is -2.20. The number of rotatable bonds is 9. The third-order valence-electron chi connectivity index (χ3n) is 8.55. The fourth-order valence-corrected chi connectivity index (χ4v) is 6.21. The van der Waals surface area contributed by atoms with Crippen LogP contribution in [0.25, 0.3) is 55.2 Å². The molecule has 4 aromatic carbocycles. The minimum Gasteiger partial charge on any atom is -0.252 e. The predicted octanol–water partition coefficient (Wildman–Crippen LogP) is 11.1. The van der Waals surface area contributed by atoms with E-state index in [4.69, 9.17) is 9.97 Å². The monoisotopic (exact) mass is 548 g/mol. The Kier molecular flexibility index (Phi) is 8.15. The smallest absolute Gasteiger partial charge is 0.0818 e. The summed E-state index contributed by atoms with van der Waals surface area (Å²) in [5.41, 5.74) is 11.4. The summed E-state index contributed by atoms with van der Waals surface area (Å²) in [6, 6.07) is 35.6. The van der Waals surface area contributed by atoms with Crippen molar-refractivity contribution in [1.29, 1.82) is 0 Å². The zero-order valence-corrected chi connectivity index (χ0v) is 25.4. The quantitative estimate of drug-likeness (QED) is 0.180. The molecule has 0 amide bonds. The van der Waals surface area contributed by atoms with Crippen LogP contribution in [0.4, 0.5) is 0 Å². The van der Waals surface area contributed by atoms with Crippen molar-refractivity contribution in [2.75, 3.05) is 0 Å². The van der Waals surface area contributed by atoms with Gasteiger partial charge in [-0.15, -0.1) is 0 Å². The van der Waals surface area contributed by atoms with E-state index in [9.17, 15) is 0 Å². The van der Waals surface area contributed by atoms with Crippen molar-refractivity contribution in [1.82, 2.24) is 9.97 Å². The Balaban J connectivity index is 1.65. The number of aromatic nitrogens is 2. The molecule has 0 atom stereocenters. The highest BCUT2D eigenvalue weighted by Crippen LogP contribution is 2.44. The van der Waals surface area contributed by atoms with Crippen molar-refractivity contribution >= 4 is 21.5 Å². The average molecular weight is 549 g/mol. The first-order valence-electron chi connectivity index (χ1n) is 15.6. The lowest BCUT2D eigenvalue weighted by molar-refractivity contribution is 0.795. The van der Waals surface area contributed by atoms with Crippen molar-refractivity contribution in [2.45, 2.75) is 66.2 Å². The van der Waals surface area contributed by atoms with Gasteiger partial charge in [-0.1, -0.05) is 124 Å². The summed E-state index contributed by atoms with van der Waals surface area (Å²) >= 11 is 0. The van der Waals surface area contributed by atoms with Crippen LogP contribution in [0.2, 0.25) is 0 Å². The van der Waals surface area contributed by atoms with Gasteiger partial charge in [-0.05, 0) is 67.0 Å². The number of hydrogen-bond donors (Lipinski definition) is 0. The van der Waals surface area contributed by atoms with Crippen LogP contribution in [-0.2, 0) is 12.8 Å². The molecule has 0 saturated carbocycles. The highest BCUT2D eigenvalue weighted by Gasteiger charge is 2.22. The highest BCUT2D eigenvalue weighted by molar-refractivity contribution is 6.11. The third-order valence-corrected chi connectivity index (χ3v) is 8.55. The number of hydrogen-bond acceptors (Lipinski definition) is 2. The van der Waals surface area contributed by atoms with Gasteiger partial charge in [0.05, 0.1) is 11.4 Å². The van der Waals surface area contributed by atoms with E-state index in [1.54, 1.807) is 0 Å². The predicted molar refractivity (Wildman–Crippen MR) is 180 cm³/mol. The Labute approximate surface area is 250 Å². The van der Waals surface area contributed by atoms with Gasteiger partial charge in [-0.3, -0.25) is 9.97 Å². The highest BCUT2D eigenvalue weighted by atomic mass is 14.8. The van der Waals surface area contributed by atoms with E-state index in [-0.39, 0.29) is 0 Å². The van der Waals surface area contributed by atoms with Crippen LogP contribution in [0.3, 0.4) is 0 Å². The first kappa shape index (κ1) is 27.8. The summed E-state index contributed by atoms with van der Waals surface area (Å²) in [4.78, 5) is 10.7. The first-order chi connectivity index (χ1) is 20.6. The Hall–Kier alpha value is -4.30. The Morgan fingerprint density at radius 3 is 1.38 bits per heavy atom. The molecule has 0 fully saturated rings. The van der Waals surface area contributed by atoms with Crippen LogP contribution >= 0.6 is 0 Å². The van der Waals surface area contributed by atoms with Crippen LogP contribution in [-0.4, -0.2) is 9.97 Å². The summed E-state index contributed by atoms with van der Waals surface area (Å²) < 4.78 is 0. The number of fused-ring (bicyclic) bond motifs is 2. The van der Waals surface area contributed by atoms with Crippen molar-refractivity contribution in [2.24, 2.45) is 0 Å². The third kappa shape index (κ3) is 5.34. The maximum Gasteiger partial charge on any atom is 0.0818 e. The van der Waals surface area contributed by atoms with Gasteiger partial charge in [0.1, 0.15) is 0 Å². The van der Waals surface area contributed by atoms with Gasteiger partial charge in [0.15, 0.2) is 0 Å². The van der Waals surface area contributed by atoms with Crippen LogP contribution in [0.15, 0.2) is 97.1 Å². The van der Waals surface area contributed by atoms with Crippen LogP contribution < -0.4 is 0 Å². The molecule has 2 heteroatoms. The molecule has 0 unspecified atom stereocenters. The molecule has 0 N–H and O–H groups in total. The van der Waals surface area contributed by atoms with Gasteiger partial charge in [-0.25, -0.2) is 0 Å². The summed E-state index contributed by atoms with van der Waals surface area (Å²) in [5, 5.41) is 4.78. The molecule has 0 spiro atoms. The molecule has 0 aliphatic heterocycles. The number of nitrogens with zero attached hydrogens (tertiary/aromatic N) is 2. The fourth-order valence-electron chi connectivity index (χ4n) is 6.21. The Morgan fingerprint density at radius 1 is 0.452 bits per heavy atom. The first-order valence-corrected chi connectivity index (χ1v) is 15.6. The van der Waals surface area contributed by atoms with Crippen LogP contribution in [0.5, 0.6) is 0 Å². The second-order valence-electron chi connectivity index (χ2n) is 11.5. The summed E-state index contributed by atoms with van der Waals surface area (Å²) in [6.07, 6.45) is 7.04. The molecule has 42 heavy (non-hydrogen) atoms. The van der Waals surface area contributed by atoms with Crippen molar-refractivity contribution in [3.05, 3.63) is 120 Å². The minimum absolute atomic E-state index is 0.997. The van der Waals surface area contributed by atoms with Gasteiger partial charge in [0.25, 0.3) is 0 Å². The number of pyridine rings is 2. The molecular formula is C40H40N2. The van der Waals surface area contributed by atoms with E-state index in [1.165, 1.54) is 69.5 Å². The van der Waals surface area contributed by atoms with Crippen LogP contribution in [0.1, 0.15) is 62.0 Å². The van der Waals surface area contributed by atoms with Gasteiger partial charge in [0, 0.05) is 38.9 Å². The lowest BCUT2D eigenvalue weighted by Crippen LogP contribution is -2.01. The standard InChI is InChI=1S/C40H40N2/c1-5-7-13-29-19-23-31(24-20-29)37-35-17-11-9-15-33(35)28(4)42-40(37)38-36-18-12-10-16-34(36)27(3)41-39(38)32-25-21-30(22-26-32)14-8-6-2/h9-12,15-26H,5-8,13-14H2,1-4H3. The molecule has 2 heterocycles. The Bertz CT molecular complexity index is 1850. The molecule has 0 saturated heterocycles. The molecule has 2 nitrogen and oxygen atoms in total. The molecule has 210 valence electrons. The second-order valence-corrected chi connectivity index (χ2v) is 11.5. The fraction of sp³-hybridized carbons (Fsp3) is 0.250.